The Kier molecular flexibility index (Phi) is 6.26. The molecule has 3 rings (SSSR count). The predicted octanol–water partition coefficient (Wildman–Crippen LogP) is 2.91. The number of nitrogens with one attached hydrogen (secondary N) is 2. The molecule has 1 amide bonds. The first-order valence-corrected chi connectivity index (χ1v) is 9.30. The number of alkyl halides is 3. The molecule has 2 heterocycles. The Morgan fingerprint density at radius 1 is 1.21 bits per heavy atom. The number of rotatable bonds is 5. The van der Waals surface area contributed by atoms with Crippen molar-refractivity contribution in [2.45, 2.75) is 38.7 Å². The molecular weight excluding hydrogens is 387 g/mol. The van der Waals surface area contributed by atoms with Crippen molar-refractivity contribution in [1.82, 2.24) is 15.2 Å². The summed E-state index contributed by atoms with van der Waals surface area (Å²) in [6.07, 6.45) is -1.40. The first kappa shape index (κ1) is 20.9. The monoisotopic (exact) mass is 409 g/mol. The van der Waals surface area contributed by atoms with Crippen LogP contribution < -0.4 is 20.9 Å². The quantitative estimate of drug-likeness (QED) is 0.797. The van der Waals surface area contributed by atoms with Crippen LogP contribution in [0.15, 0.2) is 41.3 Å². The van der Waals surface area contributed by atoms with Gasteiger partial charge >= 0.3 is 6.36 Å². The minimum absolute atomic E-state index is 0.0528. The SMILES string of the molecule is Cc1ccn(C2CCNCC2)c(=O)c1C(=O)NCc1ccc(OC(F)(F)F)cc1. The molecule has 1 saturated heterocycles. The van der Waals surface area contributed by atoms with E-state index in [0.717, 1.165) is 25.9 Å². The highest BCUT2D eigenvalue weighted by atomic mass is 19.4. The van der Waals surface area contributed by atoms with Crippen LogP contribution in [0.3, 0.4) is 0 Å². The molecule has 1 fully saturated rings. The number of carbonyl (C=O) groups excluding carboxylic acids is 1. The fourth-order valence-corrected chi connectivity index (χ4v) is 3.37. The molecule has 0 saturated carbocycles. The smallest absolute Gasteiger partial charge is 0.406 e. The molecule has 2 aromatic rings. The van der Waals surface area contributed by atoms with Crippen LogP contribution in [0, 0.1) is 6.92 Å². The first-order valence-electron chi connectivity index (χ1n) is 9.30. The Morgan fingerprint density at radius 3 is 2.48 bits per heavy atom. The molecule has 9 heteroatoms. The third-order valence-corrected chi connectivity index (χ3v) is 4.87. The van der Waals surface area contributed by atoms with Crippen LogP contribution in [0.2, 0.25) is 0 Å². The van der Waals surface area contributed by atoms with Gasteiger partial charge in [0.2, 0.25) is 0 Å². The summed E-state index contributed by atoms with van der Waals surface area (Å²) < 4.78 is 42.1. The summed E-state index contributed by atoms with van der Waals surface area (Å²) in [5.41, 5.74) is 0.915. The normalized spacial score (nSPS) is 15.2. The van der Waals surface area contributed by atoms with Gasteiger partial charge in [0.15, 0.2) is 0 Å². The zero-order valence-corrected chi connectivity index (χ0v) is 15.9. The maximum atomic E-state index is 12.9. The molecule has 0 unspecified atom stereocenters. The van der Waals surface area contributed by atoms with Crippen LogP contribution in [-0.4, -0.2) is 29.9 Å². The summed E-state index contributed by atoms with van der Waals surface area (Å²) in [6.45, 7) is 3.42. The number of amides is 1. The van der Waals surface area contributed by atoms with E-state index in [2.05, 4.69) is 15.4 Å². The molecule has 0 atom stereocenters. The van der Waals surface area contributed by atoms with E-state index in [1.165, 1.54) is 24.3 Å². The molecule has 0 aliphatic carbocycles. The Hall–Kier alpha value is -2.81. The van der Waals surface area contributed by atoms with Gasteiger partial charge in [0.05, 0.1) is 0 Å². The molecule has 29 heavy (non-hydrogen) atoms. The lowest BCUT2D eigenvalue weighted by atomic mass is 10.0. The largest absolute Gasteiger partial charge is 0.573 e. The van der Waals surface area contributed by atoms with Gasteiger partial charge in [-0.2, -0.15) is 0 Å². The lowest BCUT2D eigenvalue weighted by Gasteiger charge is -2.25. The van der Waals surface area contributed by atoms with Crippen LogP contribution in [-0.2, 0) is 6.54 Å². The minimum Gasteiger partial charge on any atom is -0.406 e. The molecule has 6 nitrogen and oxygen atoms in total. The summed E-state index contributed by atoms with van der Waals surface area (Å²) in [5, 5.41) is 5.91. The molecular formula is C20H22F3N3O3. The molecule has 1 aliphatic rings. The Bertz CT molecular complexity index is 917. The zero-order chi connectivity index (χ0) is 21.0. The van der Waals surface area contributed by atoms with Crippen molar-refractivity contribution in [3.05, 3.63) is 63.6 Å². The summed E-state index contributed by atoms with van der Waals surface area (Å²) in [7, 11) is 0. The Balaban J connectivity index is 1.70. The number of aryl methyl sites for hydroxylation is 1. The second-order valence-corrected chi connectivity index (χ2v) is 6.94. The van der Waals surface area contributed by atoms with Crippen LogP contribution >= 0.6 is 0 Å². The van der Waals surface area contributed by atoms with Gasteiger partial charge in [-0.3, -0.25) is 9.59 Å². The number of hydrogen-bond acceptors (Lipinski definition) is 4. The summed E-state index contributed by atoms with van der Waals surface area (Å²) in [4.78, 5) is 25.5. The van der Waals surface area contributed by atoms with Crippen molar-refractivity contribution >= 4 is 5.91 Å². The number of aromatic nitrogens is 1. The fourth-order valence-electron chi connectivity index (χ4n) is 3.37. The first-order chi connectivity index (χ1) is 13.7. The third kappa shape index (κ3) is 5.38. The highest BCUT2D eigenvalue weighted by molar-refractivity contribution is 5.95. The van der Waals surface area contributed by atoms with Crippen molar-refractivity contribution in [3.8, 4) is 5.75 Å². The standard InChI is InChI=1S/C20H22F3N3O3/c1-13-8-11-26(15-6-9-24-10-7-15)19(28)17(13)18(27)25-12-14-2-4-16(5-3-14)29-20(21,22)23/h2-5,8,11,15,24H,6-7,9-10,12H2,1H3,(H,25,27). The van der Waals surface area contributed by atoms with Crippen molar-refractivity contribution in [3.63, 3.8) is 0 Å². The number of piperidine rings is 1. The van der Waals surface area contributed by atoms with Crippen LogP contribution in [0.25, 0.3) is 0 Å². The average molecular weight is 409 g/mol. The fraction of sp³-hybridized carbons (Fsp3) is 0.400. The summed E-state index contributed by atoms with van der Waals surface area (Å²) in [5.74, 6) is -0.845. The molecule has 0 radical (unpaired) electrons. The maximum absolute atomic E-state index is 12.9. The molecule has 2 N–H and O–H groups in total. The van der Waals surface area contributed by atoms with E-state index in [1.807, 2.05) is 0 Å². The van der Waals surface area contributed by atoms with E-state index < -0.39 is 12.3 Å². The van der Waals surface area contributed by atoms with Crippen molar-refractivity contribution in [2.75, 3.05) is 13.1 Å². The highest BCUT2D eigenvalue weighted by Crippen LogP contribution is 2.22. The summed E-state index contributed by atoms with van der Waals surface area (Å²) >= 11 is 0. The molecule has 1 aromatic carbocycles. The van der Waals surface area contributed by atoms with Crippen LogP contribution in [0.1, 0.15) is 40.4 Å². The Morgan fingerprint density at radius 2 is 1.86 bits per heavy atom. The van der Waals surface area contributed by atoms with E-state index >= 15 is 0 Å². The number of ether oxygens (including phenoxy) is 1. The molecule has 156 valence electrons. The number of nitrogens with zero attached hydrogens (tertiary/aromatic N) is 1. The molecule has 0 spiro atoms. The van der Waals surface area contributed by atoms with E-state index in [4.69, 9.17) is 0 Å². The van der Waals surface area contributed by atoms with Gasteiger partial charge < -0.3 is 19.9 Å². The third-order valence-electron chi connectivity index (χ3n) is 4.87. The van der Waals surface area contributed by atoms with Crippen molar-refractivity contribution < 1.29 is 22.7 Å². The van der Waals surface area contributed by atoms with Crippen molar-refractivity contribution in [2.24, 2.45) is 0 Å². The summed E-state index contributed by atoms with van der Waals surface area (Å²) in [6, 6.07) is 7.00. The van der Waals surface area contributed by atoms with Gasteiger partial charge in [-0.1, -0.05) is 12.1 Å². The topological polar surface area (TPSA) is 72.4 Å². The number of halogens is 3. The number of benzene rings is 1. The highest BCUT2D eigenvalue weighted by Gasteiger charge is 2.31. The zero-order valence-electron chi connectivity index (χ0n) is 15.9. The molecule has 1 aromatic heterocycles. The van der Waals surface area contributed by atoms with Crippen LogP contribution in [0.5, 0.6) is 5.75 Å². The van der Waals surface area contributed by atoms with Gasteiger partial charge in [-0.25, -0.2) is 0 Å². The number of hydrogen-bond donors (Lipinski definition) is 2. The van der Waals surface area contributed by atoms with Gasteiger partial charge in [0, 0.05) is 18.8 Å². The van der Waals surface area contributed by atoms with Crippen molar-refractivity contribution in [1.29, 1.82) is 0 Å². The molecule has 1 aliphatic heterocycles. The second-order valence-electron chi connectivity index (χ2n) is 6.94. The van der Waals surface area contributed by atoms with E-state index in [0.29, 0.717) is 11.1 Å². The Labute approximate surface area is 165 Å². The number of carbonyl (C=O) groups is 1. The van der Waals surface area contributed by atoms with E-state index in [1.54, 1.807) is 23.8 Å². The van der Waals surface area contributed by atoms with Gasteiger partial charge in [-0.15, -0.1) is 13.2 Å². The minimum atomic E-state index is -4.76. The van der Waals surface area contributed by atoms with Gasteiger partial charge in [-0.05, 0) is 62.2 Å². The lowest BCUT2D eigenvalue weighted by Crippen LogP contribution is -2.38. The van der Waals surface area contributed by atoms with Gasteiger partial charge in [0.25, 0.3) is 11.5 Å². The maximum Gasteiger partial charge on any atom is 0.573 e. The second kappa shape index (κ2) is 8.69. The number of pyridine rings is 1. The van der Waals surface area contributed by atoms with Crippen LogP contribution in [0.4, 0.5) is 13.2 Å². The van der Waals surface area contributed by atoms with Gasteiger partial charge in [0.1, 0.15) is 11.3 Å². The van der Waals surface area contributed by atoms with E-state index in [9.17, 15) is 22.8 Å². The average Bonchev–Trinajstić information content (AvgIpc) is 2.67. The van der Waals surface area contributed by atoms with E-state index in [-0.39, 0.29) is 29.5 Å². The lowest BCUT2D eigenvalue weighted by molar-refractivity contribution is -0.274. The predicted molar refractivity (Wildman–Crippen MR) is 101 cm³/mol. The molecule has 0 bridgehead atoms.